The molecule has 0 atom stereocenters. The van der Waals surface area contributed by atoms with Crippen LogP contribution in [0.2, 0.25) is 0 Å². The summed E-state index contributed by atoms with van der Waals surface area (Å²) < 4.78 is 0. The van der Waals surface area contributed by atoms with Gasteiger partial charge in [0.15, 0.2) is 0 Å². The monoisotopic (exact) mass is 200 g/mol. The molecular weight excluding hydrogens is 183 g/mol. The molecule has 0 saturated carbocycles. The Kier molecular flexibility index (Phi) is 6.78. The second kappa shape index (κ2) is 6.36. The first kappa shape index (κ1) is 13.9. The molecule has 0 aromatic heterocycles. The zero-order valence-corrected chi connectivity index (χ0v) is 12.5. The Hall–Kier alpha value is 0.856. The first-order valence-corrected chi connectivity index (χ1v) is 4.63. The fourth-order valence-electron chi connectivity index (χ4n) is 1.18. The summed E-state index contributed by atoms with van der Waals surface area (Å²) in [5.74, 6) is 1.17. The Morgan fingerprint density at radius 2 is 1.31 bits per heavy atom. The van der Waals surface area contributed by atoms with Crippen LogP contribution < -0.4 is 51.4 Å². The van der Waals surface area contributed by atoms with Crippen molar-refractivity contribution in [2.75, 3.05) is 0 Å². The Bertz CT molecular complexity index is 228. The van der Waals surface area contributed by atoms with Gasteiger partial charge in [-0.25, -0.2) is 0 Å². The predicted octanol–water partition coefficient (Wildman–Crippen LogP) is 0.738. The van der Waals surface area contributed by atoms with Gasteiger partial charge in [-0.2, -0.15) is 35.4 Å². The van der Waals surface area contributed by atoms with Crippen LogP contribution in [0.15, 0.2) is 18.2 Å². The van der Waals surface area contributed by atoms with Crippen molar-refractivity contribution in [1.29, 1.82) is 0 Å². The molecule has 0 nitrogen and oxygen atoms in total. The second-order valence-electron chi connectivity index (χ2n) is 3.87. The fraction of sp³-hybridized carbons (Fsp3) is 0.500. The smallest absolute Gasteiger partial charge is 0.176 e. The molecule has 1 rings (SSSR count). The average Bonchev–Trinajstić information content (AvgIpc) is 2.04. The van der Waals surface area contributed by atoms with Crippen LogP contribution >= 0.6 is 0 Å². The minimum absolute atomic E-state index is 0. The summed E-state index contributed by atoms with van der Waals surface area (Å²) in [5.41, 5.74) is 2.64. The molecule has 1 heteroatoms. The van der Waals surface area contributed by atoms with Crippen molar-refractivity contribution in [2.45, 2.75) is 39.5 Å². The summed E-state index contributed by atoms with van der Waals surface area (Å²) >= 11 is 0. The largest absolute Gasteiger partial charge is 1.00 e. The van der Waals surface area contributed by atoms with Gasteiger partial charge < -0.3 is 0 Å². The zero-order valence-electron chi connectivity index (χ0n) is 9.39. The standard InChI is InChI=1S/C12H17.K/c1-9(2)11-6-5-7-12(8-11)10(3)4;/h5-7,9-10H,1-4H3;/q-1;+1. The first-order valence-electron chi connectivity index (χ1n) is 4.63. The van der Waals surface area contributed by atoms with E-state index in [1.54, 1.807) is 0 Å². The normalized spacial score (nSPS) is 10.3. The SMILES string of the molecule is CC(C)c1[c-]c(C(C)C)ccc1.[K+]. The van der Waals surface area contributed by atoms with E-state index < -0.39 is 0 Å². The molecule has 0 heterocycles. The number of rotatable bonds is 2. The topological polar surface area (TPSA) is 0 Å². The Labute approximate surface area is 125 Å². The fourth-order valence-corrected chi connectivity index (χ4v) is 1.18. The molecule has 0 spiro atoms. The molecule has 0 aliphatic carbocycles. The molecule has 13 heavy (non-hydrogen) atoms. The van der Waals surface area contributed by atoms with Gasteiger partial charge in [0.2, 0.25) is 0 Å². The van der Waals surface area contributed by atoms with Crippen LogP contribution in [0.3, 0.4) is 0 Å². The number of benzene rings is 1. The Balaban J connectivity index is 0.00000144. The van der Waals surface area contributed by atoms with Gasteiger partial charge in [-0.3, -0.25) is 0 Å². The molecule has 66 valence electrons. The summed E-state index contributed by atoms with van der Waals surface area (Å²) in [5, 5.41) is 0. The Morgan fingerprint density at radius 1 is 0.923 bits per heavy atom. The van der Waals surface area contributed by atoms with Crippen molar-refractivity contribution in [3.8, 4) is 0 Å². The molecule has 0 saturated heterocycles. The van der Waals surface area contributed by atoms with Crippen molar-refractivity contribution in [1.82, 2.24) is 0 Å². The van der Waals surface area contributed by atoms with E-state index in [1.165, 1.54) is 11.1 Å². The number of hydrogen-bond acceptors (Lipinski definition) is 0. The molecule has 1 aromatic rings. The zero-order chi connectivity index (χ0) is 9.14. The number of hydrogen-bond donors (Lipinski definition) is 0. The second-order valence-corrected chi connectivity index (χ2v) is 3.87. The van der Waals surface area contributed by atoms with Crippen LogP contribution in [0.5, 0.6) is 0 Å². The van der Waals surface area contributed by atoms with Gasteiger partial charge in [-0.15, -0.1) is 0 Å². The van der Waals surface area contributed by atoms with Gasteiger partial charge in [-0.1, -0.05) is 27.7 Å². The summed E-state index contributed by atoms with van der Waals surface area (Å²) in [4.78, 5) is 0. The van der Waals surface area contributed by atoms with Crippen LogP contribution in [0, 0.1) is 6.07 Å². The minimum atomic E-state index is 0. The van der Waals surface area contributed by atoms with E-state index in [0.717, 1.165) is 0 Å². The van der Waals surface area contributed by atoms with E-state index in [-0.39, 0.29) is 51.4 Å². The summed E-state index contributed by atoms with van der Waals surface area (Å²) in [7, 11) is 0. The van der Waals surface area contributed by atoms with Crippen molar-refractivity contribution < 1.29 is 51.4 Å². The maximum atomic E-state index is 3.44. The van der Waals surface area contributed by atoms with Gasteiger partial charge in [0.1, 0.15) is 0 Å². The van der Waals surface area contributed by atoms with Crippen LogP contribution in [0.4, 0.5) is 0 Å². The third-order valence-corrected chi connectivity index (χ3v) is 2.08. The van der Waals surface area contributed by atoms with Crippen molar-refractivity contribution >= 4 is 0 Å². The van der Waals surface area contributed by atoms with Gasteiger partial charge in [-0.05, 0) is 11.8 Å². The molecule has 0 amide bonds. The molecule has 0 aliphatic rings. The molecule has 0 bridgehead atoms. The van der Waals surface area contributed by atoms with Crippen LogP contribution in [0.25, 0.3) is 0 Å². The Morgan fingerprint density at radius 3 is 1.62 bits per heavy atom. The predicted molar refractivity (Wildman–Crippen MR) is 53.5 cm³/mol. The molecule has 0 N–H and O–H groups in total. The van der Waals surface area contributed by atoms with Gasteiger partial charge in [0, 0.05) is 0 Å². The summed E-state index contributed by atoms with van der Waals surface area (Å²) in [6.07, 6.45) is 0. The van der Waals surface area contributed by atoms with E-state index in [4.69, 9.17) is 0 Å². The van der Waals surface area contributed by atoms with Gasteiger partial charge in [0.05, 0.1) is 0 Å². The van der Waals surface area contributed by atoms with E-state index in [2.05, 4.69) is 52.0 Å². The third-order valence-electron chi connectivity index (χ3n) is 2.08. The molecule has 0 fully saturated rings. The quantitative estimate of drug-likeness (QED) is 0.488. The summed E-state index contributed by atoms with van der Waals surface area (Å²) in [6, 6.07) is 9.87. The molecule has 0 radical (unpaired) electrons. The maximum absolute atomic E-state index is 3.44. The maximum Gasteiger partial charge on any atom is 1.00 e. The minimum Gasteiger partial charge on any atom is -0.176 e. The third kappa shape index (κ3) is 4.26. The molecular formula is C12H17K. The summed E-state index contributed by atoms with van der Waals surface area (Å²) in [6.45, 7) is 8.82. The van der Waals surface area contributed by atoms with Gasteiger partial charge in [0.25, 0.3) is 0 Å². The van der Waals surface area contributed by atoms with E-state index in [9.17, 15) is 0 Å². The van der Waals surface area contributed by atoms with Crippen LogP contribution in [-0.4, -0.2) is 0 Å². The van der Waals surface area contributed by atoms with Crippen LogP contribution in [-0.2, 0) is 0 Å². The van der Waals surface area contributed by atoms with Crippen molar-refractivity contribution in [2.24, 2.45) is 0 Å². The van der Waals surface area contributed by atoms with E-state index in [0.29, 0.717) is 11.8 Å². The first-order chi connectivity index (χ1) is 5.61. The van der Waals surface area contributed by atoms with E-state index >= 15 is 0 Å². The van der Waals surface area contributed by atoms with E-state index in [1.807, 2.05) is 0 Å². The van der Waals surface area contributed by atoms with Crippen molar-refractivity contribution in [3.05, 3.63) is 35.4 Å². The van der Waals surface area contributed by atoms with Crippen LogP contribution in [0.1, 0.15) is 50.7 Å². The average molecular weight is 200 g/mol. The molecule has 1 aromatic carbocycles. The van der Waals surface area contributed by atoms with Gasteiger partial charge >= 0.3 is 51.4 Å². The molecule has 0 unspecified atom stereocenters. The molecule has 0 aliphatic heterocycles. The van der Waals surface area contributed by atoms with Crippen molar-refractivity contribution in [3.63, 3.8) is 0 Å².